The van der Waals surface area contributed by atoms with E-state index in [0.29, 0.717) is 15.9 Å². The highest BCUT2D eigenvalue weighted by molar-refractivity contribution is 7.12. The highest BCUT2D eigenvalue weighted by atomic mass is 32.1. The van der Waals surface area contributed by atoms with Gasteiger partial charge in [0, 0.05) is 18.6 Å². The maximum atomic E-state index is 11.8. The second kappa shape index (κ2) is 4.90. The van der Waals surface area contributed by atoms with Gasteiger partial charge in [0.2, 0.25) is 0 Å². The first-order valence-electron chi connectivity index (χ1n) is 5.62. The molecule has 10 heteroatoms. The van der Waals surface area contributed by atoms with Crippen molar-refractivity contribution in [3.8, 4) is 10.2 Å². The topological polar surface area (TPSA) is 87.7 Å². The van der Waals surface area contributed by atoms with Crippen molar-refractivity contribution in [2.24, 2.45) is 7.05 Å². The lowest BCUT2D eigenvalue weighted by Crippen LogP contribution is -2.22. The predicted molar refractivity (Wildman–Crippen MR) is 68.7 cm³/mol. The normalized spacial score (nSPS) is 11.5. The van der Waals surface area contributed by atoms with Gasteiger partial charge < -0.3 is 4.74 Å². The first-order valence-corrected chi connectivity index (χ1v) is 6.88. The Morgan fingerprint density at radius 1 is 1.42 bits per heavy atom. The van der Waals surface area contributed by atoms with Crippen LogP contribution in [0.2, 0.25) is 0 Å². The van der Waals surface area contributed by atoms with E-state index in [0.717, 1.165) is 4.68 Å². The van der Waals surface area contributed by atoms with Crippen LogP contribution in [-0.2, 0) is 13.7 Å². The molecule has 0 saturated carbocycles. The molecule has 0 atom stereocenters. The van der Waals surface area contributed by atoms with Crippen LogP contribution >= 0.6 is 22.7 Å². The molecule has 19 heavy (non-hydrogen) atoms. The van der Waals surface area contributed by atoms with E-state index >= 15 is 0 Å². The summed E-state index contributed by atoms with van der Waals surface area (Å²) in [6.07, 6.45) is 0.161. The van der Waals surface area contributed by atoms with Crippen LogP contribution < -0.4 is 10.4 Å². The van der Waals surface area contributed by atoms with Crippen LogP contribution in [0.3, 0.4) is 0 Å². The first kappa shape index (κ1) is 10.8. The molecule has 3 aromatic heterocycles. The number of hydrogen-bond acceptors (Lipinski definition) is 8. The molecule has 0 aromatic carbocycles. The molecule has 0 bridgehead atoms. The van der Waals surface area contributed by atoms with Gasteiger partial charge in [0.25, 0.3) is 5.19 Å². The van der Waals surface area contributed by atoms with Gasteiger partial charge in [-0.05, 0) is 10.4 Å². The molecule has 0 aliphatic carbocycles. The van der Waals surface area contributed by atoms with Crippen LogP contribution in [0.1, 0.15) is 7.06 Å². The molecule has 98 valence electrons. The molecule has 0 aliphatic rings. The van der Waals surface area contributed by atoms with Crippen LogP contribution in [0.5, 0.6) is 5.19 Å². The van der Waals surface area contributed by atoms with E-state index in [2.05, 4.69) is 20.4 Å². The first-order chi connectivity index (χ1) is 9.65. The maximum absolute atomic E-state index is 11.8. The molecule has 0 aliphatic heterocycles. The Labute approximate surface area is 116 Å². The zero-order chi connectivity index (χ0) is 14.1. The van der Waals surface area contributed by atoms with Crippen molar-refractivity contribution in [2.45, 2.75) is 6.61 Å². The molecule has 0 fully saturated rings. The standard InChI is InChI=1S/C9H8N6O2S2/c1-14-9(16)15(13-12-14)7-6(11-5-19-7)4-17-8-10-2-3-18-8/h2-3,5H,4H2,1H3/i2T. The summed E-state index contributed by atoms with van der Waals surface area (Å²) in [6, 6.07) is 0. The van der Waals surface area contributed by atoms with Gasteiger partial charge in [-0.15, -0.1) is 16.0 Å². The lowest BCUT2D eigenvalue weighted by atomic mass is 10.5. The van der Waals surface area contributed by atoms with Crippen LogP contribution in [0.25, 0.3) is 5.00 Å². The molecule has 0 amide bonds. The van der Waals surface area contributed by atoms with E-state index < -0.39 is 0 Å². The third kappa shape index (κ3) is 2.27. The summed E-state index contributed by atoms with van der Waals surface area (Å²) in [6.45, 7) is 0.148. The monoisotopic (exact) mass is 298 g/mol. The molecule has 0 N–H and O–H groups in total. The second-order valence-corrected chi connectivity index (χ2v) is 5.09. The molecule has 3 aromatic rings. The van der Waals surface area contributed by atoms with Crippen molar-refractivity contribution in [3.05, 3.63) is 33.2 Å². The number of hydrogen-bond donors (Lipinski definition) is 0. The average Bonchev–Trinajstić information content (AvgIpc) is 3.11. The second-order valence-electron chi connectivity index (χ2n) is 3.43. The van der Waals surface area contributed by atoms with Crippen LogP contribution in [0.15, 0.2) is 21.9 Å². The van der Waals surface area contributed by atoms with Crippen molar-refractivity contribution in [2.75, 3.05) is 0 Å². The van der Waals surface area contributed by atoms with Crippen molar-refractivity contribution >= 4 is 22.7 Å². The van der Waals surface area contributed by atoms with E-state index in [4.69, 9.17) is 6.11 Å². The maximum Gasteiger partial charge on any atom is 0.369 e. The quantitative estimate of drug-likeness (QED) is 0.695. The highest BCUT2D eigenvalue weighted by Gasteiger charge is 2.14. The molecule has 0 radical (unpaired) electrons. The van der Waals surface area contributed by atoms with Crippen molar-refractivity contribution < 1.29 is 6.11 Å². The molecular formula is C9H8N6O2S2. The van der Waals surface area contributed by atoms with Gasteiger partial charge in [0.15, 0.2) is 5.00 Å². The molecule has 0 unspecified atom stereocenters. The number of nitrogens with zero attached hydrogens (tertiary/aromatic N) is 6. The van der Waals surface area contributed by atoms with E-state index in [1.165, 1.54) is 34.4 Å². The zero-order valence-electron chi connectivity index (χ0n) is 10.7. The fourth-order valence-corrected chi connectivity index (χ4v) is 2.53. The van der Waals surface area contributed by atoms with E-state index in [1.54, 1.807) is 10.9 Å². The van der Waals surface area contributed by atoms with Crippen molar-refractivity contribution in [1.29, 1.82) is 0 Å². The van der Waals surface area contributed by atoms with Crippen LogP contribution in [-0.4, -0.2) is 29.8 Å². The van der Waals surface area contributed by atoms with Gasteiger partial charge >= 0.3 is 5.69 Å². The average molecular weight is 298 g/mol. The SMILES string of the molecule is [3H]c1csc(OCc2ncsc2-n2nnn(C)c2=O)n1. The Morgan fingerprint density at radius 3 is 3.00 bits per heavy atom. The summed E-state index contributed by atoms with van der Waals surface area (Å²) in [5, 5.41) is 9.95. The van der Waals surface area contributed by atoms with E-state index in [1.807, 2.05) is 0 Å². The third-order valence-corrected chi connectivity index (χ3v) is 3.71. The number of ether oxygens (including phenoxy) is 1. The largest absolute Gasteiger partial charge is 0.463 e. The van der Waals surface area contributed by atoms with Gasteiger partial charge in [-0.25, -0.2) is 14.8 Å². The fourth-order valence-electron chi connectivity index (χ4n) is 1.35. The molecule has 3 heterocycles. The van der Waals surface area contributed by atoms with Gasteiger partial charge in [0.1, 0.15) is 12.3 Å². The highest BCUT2D eigenvalue weighted by Crippen LogP contribution is 2.20. The molecule has 8 nitrogen and oxygen atoms in total. The Balaban J connectivity index is 1.83. The minimum atomic E-state index is -0.349. The van der Waals surface area contributed by atoms with Gasteiger partial charge in [-0.3, -0.25) is 0 Å². The molecule has 0 saturated heterocycles. The van der Waals surface area contributed by atoms with Gasteiger partial charge in [-0.1, -0.05) is 11.3 Å². The Hall–Kier alpha value is -2.07. The summed E-state index contributed by atoms with van der Waals surface area (Å²) in [5.74, 6) is 0. The Kier molecular flexibility index (Phi) is 2.79. The molecular weight excluding hydrogens is 288 g/mol. The zero-order valence-corrected chi connectivity index (χ0v) is 11.3. The number of aryl methyl sites for hydroxylation is 1. The smallest absolute Gasteiger partial charge is 0.369 e. The Morgan fingerprint density at radius 2 is 2.32 bits per heavy atom. The Bertz CT molecular complexity index is 790. The van der Waals surface area contributed by atoms with Crippen LogP contribution in [0.4, 0.5) is 0 Å². The van der Waals surface area contributed by atoms with E-state index in [-0.39, 0.29) is 18.5 Å². The number of tetrazole rings is 1. The number of aromatic nitrogens is 6. The lowest BCUT2D eigenvalue weighted by molar-refractivity contribution is 0.300. The summed E-state index contributed by atoms with van der Waals surface area (Å²) < 4.78 is 15.1. The summed E-state index contributed by atoms with van der Waals surface area (Å²) in [5.41, 5.74) is 1.82. The molecule has 0 spiro atoms. The van der Waals surface area contributed by atoms with Gasteiger partial charge in [0.05, 0.1) is 6.88 Å². The summed E-state index contributed by atoms with van der Waals surface area (Å²) in [7, 11) is 1.52. The van der Waals surface area contributed by atoms with Gasteiger partial charge in [-0.2, -0.15) is 4.68 Å². The minimum Gasteiger partial charge on any atom is -0.463 e. The third-order valence-electron chi connectivity index (χ3n) is 2.23. The van der Waals surface area contributed by atoms with Crippen molar-refractivity contribution in [1.82, 2.24) is 29.8 Å². The fraction of sp³-hybridized carbons (Fsp3) is 0.222. The number of thiazole rings is 2. The van der Waals surface area contributed by atoms with Crippen LogP contribution in [0, 0.1) is 0 Å². The minimum absolute atomic E-state index is 0.148. The summed E-state index contributed by atoms with van der Waals surface area (Å²) in [4.78, 5) is 19.8. The number of rotatable bonds is 4. The lowest BCUT2D eigenvalue weighted by Gasteiger charge is -2.01. The van der Waals surface area contributed by atoms with E-state index in [9.17, 15) is 4.79 Å². The van der Waals surface area contributed by atoms with Crippen molar-refractivity contribution in [3.63, 3.8) is 0 Å². The summed E-state index contributed by atoms with van der Waals surface area (Å²) >= 11 is 2.51. The molecule has 3 rings (SSSR count). The predicted octanol–water partition coefficient (Wildman–Crippen LogP) is 0.458.